The van der Waals surface area contributed by atoms with Gasteiger partial charge in [0.2, 0.25) is 0 Å². The maximum atomic E-state index is 6.41. The van der Waals surface area contributed by atoms with Gasteiger partial charge in [-0.25, -0.2) is 0 Å². The van der Waals surface area contributed by atoms with Crippen molar-refractivity contribution in [3.63, 3.8) is 0 Å². The lowest BCUT2D eigenvalue weighted by Crippen LogP contribution is -2.18. The van der Waals surface area contributed by atoms with Gasteiger partial charge in [-0.1, -0.05) is 24.6 Å². The normalized spacial score (nSPS) is 13.2. The third-order valence-electron chi connectivity index (χ3n) is 3.39. The molecule has 2 rings (SSSR count). The van der Waals surface area contributed by atoms with Gasteiger partial charge in [0.25, 0.3) is 0 Å². The molecule has 2 aromatic rings. The van der Waals surface area contributed by atoms with Crippen molar-refractivity contribution in [2.45, 2.75) is 26.2 Å². The van der Waals surface area contributed by atoms with Crippen LogP contribution in [0.25, 0.3) is 5.52 Å². The molecule has 0 aliphatic rings. The first kappa shape index (κ1) is 12.5. The largest absolute Gasteiger partial charge is 0.319 e. The molecule has 2 heterocycles. The third-order valence-corrected chi connectivity index (χ3v) is 3.86. The van der Waals surface area contributed by atoms with Crippen LogP contribution in [0, 0.1) is 6.92 Å². The van der Waals surface area contributed by atoms with Gasteiger partial charge in [-0.15, -0.1) is 0 Å². The second-order valence-corrected chi connectivity index (χ2v) is 4.82. The van der Waals surface area contributed by atoms with Crippen LogP contribution < -0.4 is 5.32 Å². The van der Waals surface area contributed by atoms with Gasteiger partial charge < -0.3 is 9.72 Å². The first-order valence-electron chi connectivity index (χ1n) is 6.10. The standard InChI is InChI=1S/C14H19ClN2/c1-4-11(9-16-3)14-10(2)13(15)12-7-5-6-8-17(12)14/h5-8,11,16H,4,9H2,1-3H3. The molecule has 0 aromatic carbocycles. The minimum Gasteiger partial charge on any atom is -0.319 e. The highest BCUT2D eigenvalue weighted by Gasteiger charge is 2.19. The molecule has 0 bridgehead atoms. The van der Waals surface area contributed by atoms with Crippen LogP contribution in [0.2, 0.25) is 5.02 Å². The smallest absolute Gasteiger partial charge is 0.0693 e. The average Bonchev–Trinajstić information content (AvgIpc) is 2.61. The number of fused-ring (bicyclic) bond motifs is 1. The predicted octanol–water partition coefficient (Wildman–Crippen LogP) is 3.61. The lowest BCUT2D eigenvalue weighted by molar-refractivity contribution is 0.590. The number of rotatable bonds is 4. The lowest BCUT2D eigenvalue weighted by Gasteiger charge is -2.16. The van der Waals surface area contributed by atoms with E-state index in [2.05, 4.69) is 41.9 Å². The lowest BCUT2D eigenvalue weighted by atomic mass is 9.99. The van der Waals surface area contributed by atoms with Crippen molar-refractivity contribution in [3.8, 4) is 0 Å². The second-order valence-electron chi connectivity index (χ2n) is 4.44. The SMILES string of the molecule is CCC(CNC)c1c(C)c(Cl)c2ccccn12. The fourth-order valence-corrected chi connectivity index (χ4v) is 2.75. The fourth-order valence-electron chi connectivity index (χ4n) is 2.50. The minimum absolute atomic E-state index is 0.502. The van der Waals surface area contributed by atoms with Crippen LogP contribution in [0.5, 0.6) is 0 Å². The number of aromatic nitrogens is 1. The summed E-state index contributed by atoms with van der Waals surface area (Å²) in [5.74, 6) is 0.502. The van der Waals surface area contributed by atoms with Crippen LogP contribution in [0.4, 0.5) is 0 Å². The Balaban J connectivity index is 2.63. The number of hydrogen-bond acceptors (Lipinski definition) is 1. The molecular formula is C14H19ClN2. The Morgan fingerprint density at radius 1 is 1.41 bits per heavy atom. The summed E-state index contributed by atoms with van der Waals surface area (Å²) >= 11 is 6.41. The van der Waals surface area contributed by atoms with E-state index in [1.54, 1.807) is 0 Å². The molecule has 0 saturated carbocycles. The van der Waals surface area contributed by atoms with Gasteiger partial charge >= 0.3 is 0 Å². The molecule has 92 valence electrons. The van der Waals surface area contributed by atoms with E-state index in [0.717, 1.165) is 23.5 Å². The number of pyridine rings is 1. The molecule has 17 heavy (non-hydrogen) atoms. The summed E-state index contributed by atoms with van der Waals surface area (Å²) in [5.41, 5.74) is 3.65. The summed E-state index contributed by atoms with van der Waals surface area (Å²) in [5, 5.41) is 4.15. The van der Waals surface area contributed by atoms with E-state index in [-0.39, 0.29) is 0 Å². The molecule has 0 amide bonds. The number of halogens is 1. The van der Waals surface area contributed by atoms with Gasteiger partial charge in [0.1, 0.15) is 0 Å². The molecule has 0 aliphatic carbocycles. The van der Waals surface area contributed by atoms with Crippen LogP contribution in [0.1, 0.15) is 30.5 Å². The second kappa shape index (κ2) is 5.11. The van der Waals surface area contributed by atoms with Crippen LogP contribution in [-0.2, 0) is 0 Å². The Kier molecular flexibility index (Phi) is 3.75. The van der Waals surface area contributed by atoms with E-state index in [0.29, 0.717) is 5.92 Å². The zero-order valence-corrected chi connectivity index (χ0v) is 11.4. The maximum absolute atomic E-state index is 6.41. The van der Waals surface area contributed by atoms with E-state index < -0.39 is 0 Å². The summed E-state index contributed by atoms with van der Waals surface area (Å²) in [6, 6.07) is 6.16. The zero-order valence-electron chi connectivity index (χ0n) is 10.6. The molecule has 2 nitrogen and oxygen atoms in total. The molecule has 3 heteroatoms. The summed E-state index contributed by atoms with van der Waals surface area (Å²) in [6.07, 6.45) is 3.21. The van der Waals surface area contributed by atoms with Gasteiger partial charge in [-0.3, -0.25) is 0 Å². The van der Waals surface area contributed by atoms with Gasteiger partial charge in [-0.2, -0.15) is 0 Å². The number of hydrogen-bond donors (Lipinski definition) is 1. The van der Waals surface area contributed by atoms with Crippen LogP contribution in [0.3, 0.4) is 0 Å². The Bertz CT molecular complexity index is 516. The van der Waals surface area contributed by atoms with Crippen molar-refractivity contribution < 1.29 is 0 Å². The molecule has 0 fully saturated rings. The van der Waals surface area contributed by atoms with Crippen LogP contribution >= 0.6 is 11.6 Å². The Labute approximate surface area is 108 Å². The van der Waals surface area contributed by atoms with Crippen molar-refractivity contribution >= 4 is 17.1 Å². The third kappa shape index (κ3) is 2.07. The van der Waals surface area contributed by atoms with Crippen molar-refractivity contribution in [2.24, 2.45) is 0 Å². The molecule has 1 unspecified atom stereocenters. The Morgan fingerprint density at radius 3 is 2.82 bits per heavy atom. The Morgan fingerprint density at radius 2 is 2.18 bits per heavy atom. The number of nitrogens with one attached hydrogen (secondary N) is 1. The van der Waals surface area contributed by atoms with E-state index in [9.17, 15) is 0 Å². The topological polar surface area (TPSA) is 16.4 Å². The zero-order chi connectivity index (χ0) is 12.4. The van der Waals surface area contributed by atoms with Gasteiger partial charge in [0.15, 0.2) is 0 Å². The predicted molar refractivity (Wildman–Crippen MR) is 74.1 cm³/mol. The van der Waals surface area contributed by atoms with Crippen molar-refractivity contribution in [3.05, 3.63) is 40.7 Å². The summed E-state index contributed by atoms with van der Waals surface area (Å²) in [7, 11) is 2.00. The van der Waals surface area contributed by atoms with Crippen molar-refractivity contribution in [1.29, 1.82) is 0 Å². The molecule has 0 spiro atoms. The first-order valence-corrected chi connectivity index (χ1v) is 6.48. The van der Waals surface area contributed by atoms with E-state index >= 15 is 0 Å². The monoisotopic (exact) mass is 250 g/mol. The highest BCUT2D eigenvalue weighted by molar-refractivity contribution is 6.34. The van der Waals surface area contributed by atoms with E-state index in [1.807, 2.05) is 13.1 Å². The minimum atomic E-state index is 0.502. The highest BCUT2D eigenvalue weighted by atomic mass is 35.5. The molecule has 1 atom stereocenters. The molecule has 0 saturated heterocycles. The highest BCUT2D eigenvalue weighted by Crippen LogP contribution is 2.33. The molecule has 2 aromatic heterocycles. The number of nitrogens with zero attached hydrogens (tertiary/aromatic N) is 1. The van der Waals surface area contributed by atoms with Gasteiger partial charge in [-0.05, 0) is 38.1 Å². The average molecular weight is 251 g/mol. The molecular weight excluding hydrogens is 232 g/mol. The van der Waals surface area contributed by atoms with Gasteiger partial charge in [0, 0.05) is 24.4 Å². The quantitative estimate of drug-likeness (QED) is 0.877. The van der Waals surface area contributed by atoms with Crippen LogP contribution in [0.15, 0.2) is 24.4 Å². The van der Waals surface area contributed by atoms with Gasteiger partial charge in [0.05, 0.1) is 10.5 Å². The van der Waals surface area contributed by atoms with E-state index in [4.69, 9.17) is 11.6 Å². The molecule has 1 N–H and O–H groups in total. The van der Waals surface area contributed by atoms with E-state index in [1.165, 1.54) is 11.3 Å². The number of likely N-dealkylation sites (N-methyl/N-ethyl adjacent to an activating group) is 1. The van der Waals surface area contributed by atoms with Crippen molar-refractivity contribution in [2.75, 3.05) is 13.6 Å². The summed E-state index contributed by atoms with van der Waals surface area (Å²) in [6.45, 7) is 5.31. The summed E-state index contributed by atoms with van der Waals surface area (Å²) < 4.78 is 2.23. The first-order chi connectivity index (χ1) is 8.20. The molecule has 0 radical (unpaired) electrons. The fraction of sp³-hybridized carbons (Fsp3) is 0.429. The molecule has 0 aliphatic heterocycles. The Hall–Kier alpha value is -0.990. The maximum Gasteiger partial charge on any atom is 0.0693 e. The van der Waals surface area contributed by atoms with Crippen LogP contribution in [-0.4, -0.2) is 18.0 Å². The summed E-state index contributed by atoms with van der Waals surface area (Å²) in [4.78, 5) is 0. The van der Waals surface area contributed by atoms with Crippen molar-refractivity contribution in [1.82, 2.24) is 9.72 Å².